The van der Waals surface area contributed by atoms with Crippen molar-refractivity contribution in [2.75, 3.05) is 0 Å². The molecule has 2 heterocycles. The Hall–Kier alpha value is -2.57. The van der Waals surface area contributed by atoms with Crippen LogP contribution in [0, 0.1) is 0 Å². The van der Waals surface area contributed by atoms with E-state index in [0.29, 0.717) is 17.8 Å². The lowest BCUT2D eigenvalue weighted by Gasteiger charge is -2.26. The average molecular weight is 445 g/mol. The van der Waals surface area contributed by atoms with Gasteiger partial charge in [0, 0.05) is 0 Å². The topological polar surface area (TPSA) is 26.3 Å². The molecule has 0 aliphatic rings. The highest BCUT2D eigenvalue weighted by molar-refractivity contribution is 7.79. The van der Waals surface area contributed by atoms with Crippen LogP contribution in [-0.2, 0) is 0 Å². The number of hydrogen-bond acceptors (Lipinski definition) is 2. The predicted molar refractivity (Wildman–Crippen MR) is 137 cm³/mol. The van der Waals surface area contributed by atoms with Gasteiger partial charge in [-0.25, -0.2) is 0 Å². The van der Waals surface area contributed by atoms with Crippen LogP contribution in [0.4, 0.5) is 0 Å². The van der Waals surface area contributed by atoms with Gasteiger partial charge in [0.2, 0.25) is 0 Å². The minimum absolute atomic E-state index is 0.424. The molecule has 0 saturated carbocycles. The van der Waals surface area contributed by atoms with Gasteiger partial charge in [-0.05, 0) is 75.1 Å². The molecule has 0 radical (unpaired) electrons. The average Bonchev–Trinajstić information content (AvgIpc) is 3.48. The van der Waals surface area contributed by atoms with Gasteiger partial charge in [-0.3, -0.25) is 0 Å². The molecular weight excluding hydrogens is 411 g/mol. The normalized spacial score (nSPS) is 11.9. The highest BCUT2D eigenvalue weighted by Crippen LogP contribution is 2.43. The van der Waals surface area contributed by atoms with Crippen LogP contribution >= 0.6 is 7.92 Å². The molecular formula is C29H33O2P. The minimum atomic E-state index is -0.933. The van der Waals surface area contributed by atoms with Crippen molar-refractivity contribution in [3.05, 3.63) is 89.9 Å². The van der Waals surface area contributed by atoms with Crippen LogP contribution in [0.25, 0.3) is 11.1 Å². The van der Waals surface area contributed by atoms with Gasteiger partial charge in [0.05, 0.1) is 20.4 Å². The summed E-state index contributed by atoms with van der Waals surface area (Å²) in [7, 11) is -0.933. The van der Waals surface area contributed by atoms with Crippen molar-refractivity contribution in [3.8, 4) is 11.1 Å². The third-order valence-electron chi connectivity index (χ3n) is 6.00. The van der Waals surface area contributed by atoms with Crippen molar-refractivity contribution in [1.29, 1.82) is 0 Å². The molecule has 32 heavy (non-hydrogen) atoms. The van der Waals surface area contributed by atoms with E-state index in [4.69, 9.17) is 8.83 Å². The molecule has 4 aromatic rings. The second-order valence-corrected chi connectivity index (χ2v) is 11.3. The molecule has 4 rings (SSSR count). The summed E-state index contributed by atoms with van der Waals surface area (Å²) in [6.07, 6.45) is 3.51. The highest BCUT2D eigenvalue weighted by Gasteiger charge is 2.27. The van der Waals surface area contributed by atoms with Crippen LogP contribution in [0.1, 0.15) is 76.0 Å². The number of furan rings is 2. The van der Waals surface area contributed by atoms with Gasteiger partial charge in [0.25, 0.3) is 0 Å². The monoisotopic (exact) mass is 444 g/mol. The predicted octanol–water partition coefficient (Wildman–Crippen LogP) is 7.67. The summed E-state index contributed by atoms with van der Waals surface area (Å²) >= 11 is 0. The van der Waals surface area contributed by atoms with E-state index in [1.165, 1.54) is 33.1 Å². The summed E-state index contributed by atoms with van der Waals surface area (Å²) in [5, 5.41) is 1.27. The Morgan fingerprint density at radius 2 is 1.16 bits per heavy atom. The fourth-order valence-corrected chi connectivity index (χ4v) is 6.44. The van der Waals surface area contributed by atoms with E-state index in [-0.39, 0.29) is 0 Å². The molecule has 0 unspecified atom stereocenters. The lowest BCUT2D eigenvalue weighted by molar-refractivity contribution is 0.593. The molecule has 0 saturated heterocycles. The van der Waals surface area contributed by atoms with Gasteiger partial charge in [0.1, 0.15) is 11.0 Å². The van der Waals surface area contributed by atoms with Gasteiger partial charge in [-0.1, -0.05) is 77.9 Å². The van der Waals surface area contributed by atoms with Gasteiger partial charge < -0.3 is 8.83 Å². The Kier molecular flexibility index (Phi) is 6.72. The number of hydrogen-bond donors (Lipinski definition) is 0. The van der Waals surface area contributed by atoms with Gasteiger partial charge in [0.15, 0.2) is 0 Å². The van der Waals surface area contributed by atoms with Crippen LogP contribution in [0.15, 0.2) is 82.0 Å². The molecule has 2 aromatic carbocycles. The van der Waals surface area contributed by atoms with Crippen LogP contribution < -0.4 is 16.3 Å². The Bertz CT molecular complexity index is 1090. The summed E-state index contributed by atoms with van der Waals surface area (Å²) in [6, 6.07) is 21.7. The quantitative estimate of drug-likeness (QED) is 0.273. The van der Waals surface area contributed by atoms with Crippen molar-refractivity contribution >= 4 is 24.2 Å². The SMILES string of the molecule is CC(C)c1cc(C(C)C)c(-c2ccccc2P(c2ccco2)c2ccco2)c(C(C)C)c1. The second-order valence-electron chi connectivity index (χ2n) is 9.29. The first kappa shape index (κ1) is 22.6. The van der Waals surface area contributed by atoms with E-state index in [0.717, 1.165) is 11.0 Å². The molecule has 166 valence electrons. The molecule has 0 atom stereocenters. The number of rotatable bonds is 7. The first-order valence-electron chi connectivity index (χ1n) is 11.5. The zero-order chi connectivity index (χ0) is 22.8. The van der Waals surface area contributed by atoms with Crippen molar-refractivity contribution in [3.63, 3.8) is 0 Å². The minimum Gasteiger partial charge on any atom is -0.464 e. The molecule has 0 fully saturated rings. The smallest absolute Gasteiger partial charge is 0.137 e. The molecule has 0 N–H and O–H groups in total. The van der Waals surface area contributed by atoms with E-state index >= 15 is 0 Å². The van der Waals surface area contributed by atoms with E-state index in [9.17, 15) is 0 Å². The molecule has 3 heteroatoms. The zero-order valence-corrected chi connectivity index (χ0v) is 20.8. The Morgan fingerprint density at radius 1 is 0.625 bits per heavy atom. The van der Waals surface area contributed by atoms with Crippen molar-refractivity contribution in [2.24, 2.45) is 0 Å². The summed E-state index contributed by atoms with van der Waals surface area (Å²) < 4.78 is 11.9. The van der Waals surface area contributed by atoms with Gasteiger partial charge >= 0.3 is 0 Å². The first-order chi connectivity index (χ1) is 15.4. The Balaban J connectivity index is 2.03. The van der Waals surface area contributed by atoms with E-state index in [1.54, 1.807) is 12.5 Å². The summed E-state index contributed by atoms with van der Waals surface area (Å²) in [6.45, 7) is 13.8. The van der Waals surface area contributed by atoms with Crippen LogP contribution in [0.3, 0.4) is 0 Å². The van der Waals surface area contributed by atoms with E-state index < -0.39 is 7.92 Å². The summed E-state index contributed by atoms with van der Waals surface area (Å²) in [5.74, 6) is 1.35. The highest BCUT2D eigenvalue weighted by atomic mass is 31.1. The lowest BCUT2D eigenvalue weighted by atomic mass is 9.82. The van der Waals surface area contributed by atoms with Crippen molar-refractivity contribution < 1.29 is 8.83 Å². The second kappa shape index (κ2) is 9.51. The first-order valence-corrected chi connectivity index (χ1v) is 12.9. The largest absolute Gasteiger partial charge is 0.464 e. The van der Waals surface area contributed by atoms with Gasteiger partial charge in [-0.2, -0.15) is 0 Å². The summed E-state index contributed by atoms with van der Waals surface area (Å²) in [4.78, 5) is 0. The third-order valence-corrected chi connectivity index (χ3v) is 8.26. The van der Waals surface area contributed by atoms with Crippen LogP contribution in [-0.4, -0.2) is 0 Å². The van der Waals surface area contributed by atoms with Crippen molar-refractivity contribution in [2.45, 2.75) is 59.3 Å². The molecule has 0 spiro atoms. The van der Waals surface area contributed by atoms with Crippen molar-refractivity contribution in [1.82, 2.24) is 0 Å². The molecule has 0 aliphatic carbocycles. The Morgan fingerprint density at radius 3 is 1.59 bits per heavy atom. The lowest BCUT2D eigenvalue weighted by Crippen LogP contribution is -2.21. The fraction of sp³-hybridized carbons (Fsp3) is 0.310. The molecule has 0 amide bonds. The molecule has 2 nitrogen and oxygen atoms in total. The summed E-state index contributed by atoms with van der Waals surface area (Å²) in [5.41, 5.74) is 8.83. The number of benzene rings is 2. The van der Waals surface area contributed by atoms with Gasteiger partial charge in [-0.15, -0.1) is 0 Å². The van der Waals surface area contributed by atoms with Crippen LogP contribution in [0.5, 0.6) is 0 Å². The van der Waals surface area contributed by atoms with E-state index in [1.807, 2.05) is 12.1 Å². The zero-order valence-electron chi connectivity index (χ0n) is 19.9. The molecule has 0 aliphatic heterocycles. The van der Waals surface area contributed by atoms with Crippen LogP contribution in [0.2, 0.25) is 0 Å². The molecule has 0 bridgehead atoms. The maximum Gasteiger partial charge on any atom is 0.137 e. The standard InChI is InChI=1S/C29H33O2P/c1-19(2)22-17-24(20(3)4)29(25(18-22)21(5)6)23-11-7-8-12-26(23)32(27-13-9-15-30-27)28-14-10-16-31-28/h7-21H,1-6H3. The van der Waals surface area contributed by atoms with E-state index in [2.05, 4.69) is 90.1 Å². The Labute approximate surface area is 193 Å². The fourth-order valence-electron chi connectivity index (χ4n) is 4.29. The maximum atomic E-state index is 5.94. The third kappa shape index (κ3) is 4.34. The maximum absolute atomic E-state index is 5.94. The molecule has 2 aromatic heterocycles.